The highest BCUT2D eigenvalue weighted by Crippen LogP contribution is 2.08. The fraction of sp³-hybridized carbons (Fsp3) is 0.0769. The third-order valence-electron chi connectivity index (χ3n) is 1.79. The van der Waals surface area contributed by atoms with Gasteiger partial charge in [0.25, 0.3) is 5.70 Å². The van der Waals surface area contributed by atoms with Crippen LogP contribution in [0, 0.1) is 29.7 Å². The maximum absolute atomic E-state index is 10.3. The van der Waals surface area contributed by atoms with Gasteiger partial charge < -0.3 is 10.2 Å². The molecule has 0 amide bonds. The van der Waals surface area contributed by atoms with Crippen LogP contribution < -0.4 is 5.11 Å². The summed E-state index contributed by atoms with van der Waals surface area (Å²) in [5, 5.41) is 27.3. The van der Waals surface area contributed by atoms with Gasteiger partial charge in [-0.3, -0.25) is 0 Å². The van der Waals surface area contributed by atoms with Crippen LogP contribution in [0.4, 0.5) is 0 Å². The van der Waals surface area contributed by atoms with Crippen molar-refractivity contribution >= 4 is 6.08 Å². The van der Waals surface area contributed by atoms with Crippen LogP contribution in [0.15, 0.2) is 30.0 Å². The van der Waals surface area contributed by atoms with Crippen LogP contribution in [0.3, 0.4) is 0 Å². The van der Waals surface area contributed by atoms with E-state index in [1.54, 1.807) is 30.3 Å². The van der Waals surface area contributed by atoms with Crippen LogP contribution in [-0.2, 0) is 0 Å². The van der Waals surface area contributed by atoms with E-state index in [1.807, 2.05) is 0 Å². The van der Waals surface area contributed by atoms with Crippen LogP contribution in [0.1, 0.15) is 11.1 Å². The summed E-state index contributed by atoms with van der Waals surface area (Å²) in [5.74, 6) is 4.57. The van der Waals surface area contributed by atoms with Crippen molar-refractivity contribution in [3.63, 3.8) is 0 Å². The molecule has 0 fully saturated rings. The molecule has 0 aliphatic heterocycles. The molecule has 1 atom stereocenters. The van der Waals surface area contributed by atoms with E-state index in [4.69, 9.17) is 16.9 Å². The number of nitrogens with zero attached hydrogens (tertiary/aromatic N) is 2. The molecule has 1 rings (SSSR count). The van der Waals surface area contributed by atoms with Crippen molar-refractivity contribution < 1.29 is 10.2 Å². The van der Waals surface area contributed by atoms with E-state index in [1.165, 1.54) is 6.08 Å². The van der Waals surface area contributed by atoms with Gasteiger partial charge in [0, 0.05) is 11.9 Å². The Labute approximate surface area is 98.9 Å². The molecule has 1 aromatic rings. The van der Waals surface area contributed by atoms with Crippen LogP contribution in [-0.4, -0.2) is 11.4 Å². The van der Waals surface area contributed by atoms with Gasteiger partial charge in [0.15, 0.2) is 0 Å². The van der Waals surface area contributed by atoms with Crippen molar-refractivity contribution in [2.75, 3.05) is 0 Å². The van der Waals surface area contributed by atoms with Gasteiger partial charge in [-0.2, -0.15) is 0 Å². The van der Waals surface area contributed by atoms with Gasteiger partial charge in [0.1, 0.15) is 0 Å². The molecule has 4 nitrogen and oxygen atoms in total. The van der Waals surface area contributed by atoms with Gasteiger partial charge in [-0.15, -0.1) is 0 Å². The Balaban J connectivity index is 2.92. The lowest BCUT2D eigenvalue weighted by molar-refractivity contribution is -0.459. The lowest BCUT2D eigenvalue weighted by Crippen LogP contribution is -2.21. The number of hydrogen-bond donors (Lipinski definition) is 1. The summed E-state index contributed by atoms with van der Waals surface area (Å²) in [4.78, 5) is 3.03. The molecule has 0 spiro atoms. The van der Waals surface area contributed by atoms with Gasteiger partial charge in [-0.1, -0.05) is 24.0 Å². The second-order valence-electron chi connectivity index (χ2n) is 3.00. The third-order valence-corrected chi connectivity index (χ3v) is 1.79. The Kier molecular flexibility index (Phi) is 4.48. The van der Waals surface area contributed by atoms with Crippen LogP contribution in [0.5, 0.6) is 0 Å². The average molecular weight is 223 g/mol. The zero-order valence-corrected chi connectivity index (χ0v) is 8.71. The third kappa shape index (κ3) is 4.20. The number of aliphatic hydroxyl groups excluding tert-OH is 1. The summed E-state index contributed by atoms with van der Waals surface area (Å²) in [6.07, 6.45) is -0.450. The van der Waals surface area contributed by atoms with Crippen molar-refractivity contribution in [3.05, 3.63) is 52.5 Å². The van der Waals surface area contributed by atoms with Crippen molar-refractivity contribution in [1.29, 1.82) is 5.26 Å². The zero-order valence-electron chi connectivity index (χ0n) is 8.71. The molecule has 0 aromatic heterocycles. The SMILES string of the molecule is [C-]#[N+]/C(C#N)=C/c1ccc(C#CC([O-])O)cc1. The van der Waals surface area contributed by atoms with Gasteiger partial charge in [-0.05, 0) is 23.8 Å². The quantitative estimate of drug-likeness (QED) is 0.326. The average Bonchev–Trinajstić information content (AvgIpc) is 2.34. The molecule has 4 heteroatoms. The van der Waals surface area contributed by atoms with Crippen LogP contribution >= 0.6 is 0 Å². The lowest BCUT2D eigenvalue weighted by atomic mass is 10.1. The smallest absolute Gasteiger partial charge is 0.262 e. The minimum absolute atomic E-state index is 0.00110. The number of nitriles is 1. The van der Waals surface area contributed by atoms with E-state index in [0.29, 0.717) is 11.1 Å². The summed E-state index contributed by atoms with van der Waals surface area (Å²) >= 11 is 0. The lowest BCUT2D eigenvalue weighted by Gasteiger charge is -2.02. The molecule has 0 aliphatic rings. The van der Waals surface area contributed by atoms with Crippen molar-refractivity contribution in [1.82, 2.24) is 0 Å². The van der Waals surface area contributed by atoms with E-state index in [2.05, 4.69) is 16.7 Å². The maximum atomic E-state index is 10.3. The second kappa shape index (κ2) is 6.10. The Morgan fingerprint density at radius 2 is 2.12 bits per heavy atom. The van der Waals surface area contributed by atoms with Gasteiger partial charge >= 0.3 is 0 Å². The first-order valence-electron chi connectivity index (χ1n) is 4.60. The van der Waals surface area contributed by atoms with Crippen LogP contribution in [0.2, 0.25) is 0 Å². The fourth-order valence-corrected chi connectivity index (χ4v) is 1.06. The summed E-state index contributed by atoms with van der Waals surface area (Å²) < 4.78 is 0. The summed E-state index contributed by atoms with van der Waals surface area (Å²) in [6, 6.07) is 8.38. The molecule has 1 unspecified atom stereocenters. The summed E-state index contributed by atoms with van der Waals surface area (Å²) in [5.41, 5.74) is 1.28. The topological polar surface area (TPSA) is 71.4 Å². The Hall–Kier alpha value is -2.58. The normalized spacial score (nSPS) is 11.6. The fourth-order valence-electron chi connectivity index (χ4n) is 1.06. The minimum atomic E-state index is -1.90. The van der Waals surface area contributed by atoms with Crippen molar-refractivity contribution in [2.24, 2.45) is 0 Å². The molecule has 1 N–H and O–H groups in total. The summed E-state index contributed by atoms with van der Waals surface area (Å²) in [7, 11) is 0. The van der Waals surface area contributed by atoms with E-state index in [0.717, 1.165) is 0 Å². The highest BCUT2D eigenvalue weighted by Gasteiger charge is 1.94. The number of aliphatic hydroxyl groups is 1. The van der Waals surface area contributed by atoms with Crippen molar-refractivity contribution in [3.8, 4) is 17.9 Å². The molecule has 0 aliphatic carbocycles. The zero-order chi connectivity index (χ0) is 12.7. The number of allylic oxidation sites excluding steroid dienone is 1. The molecule has 0 saturated heterocycles. The Morgan fingerprint density at radius 3 is 2.59 bits per heavy atom. The minimum Gasteiger partial charge on any atom is -0.821 e. The predicted molar refractivity (Wildman–Crippen MR) is 59.5 cm³/mol. The Morgan fingerprint density at radius 1 is 1.47 bits per heavy atom. The largest absolute Gasteiger partial charge is 0.821 e. The molecule has 17 heavy (non-hydrogen) atoms. The Bertz CT molecular complexity index is 545. The first kappa shape index (κ1) is 12.5. The van der Waals surface area contributed by atoms with E-state index < -0.39 is 6.29 Å². The molecule has 82 valence electrons. The highest BCUT2D eigenvalue weighted by molar-refractivity contribution is 5.59. The highest BCUT2D eigenvalue weighted by atomic mass is 16.5. The molecule has 0 saturated carbocycles. The molecule has 1 aromatic carbocycles. The maximum Gasteiger partial charge on any atom is 0.262 e. The number of rotatable bonds is 1. The molecule has 0 radical (unpaired) electrons. The standard InChI is InChI=1S/C13H7N2O2/c1-15-12(9-14)8-11-4-2-10(3-5-11)6-7-13(16)17/h2-5,8,13,16H/q-1/b12-8+. The molecule has 0 bridgehead atoms. The number of hydrogen-bond acceptors (Lipinski definition) is 3. The molecular weight excluding hydrogens is 216 g/mol. The second-order valence-corrected chi connectivity index (χ2v) is 3.00. The van der Waals surface area contributed by atoms with Crippen molar-refractivity contribution in [2.45, 2.75) is 6.29 Å². The van der Waals surface area contributed by atoms with Gasteiger partial charge in [-0.25, -0.2) is 10.1 Å². The predicted octanol–water partition coefficient (Wildman–Crippen LogP) is 0.501. The van der Waals surface area contributed by atoms with E-state index in [-0.39, 0.29) is 5.70 Å². The van der Waals surface area contributed by atoms with E-state index >= 15 is 0 Å². The van der Waals surface area contributed by atoms with Crippen LogP contribution in [0.25, 0.3) is 10.9 Å². The van der Waals surface area contributed by atoms with Gasteiger partial charge in [0.05, 0.1) is 12.6 Å². The number of benzene rings is 1. The molecular formula is C13H7N2O2-. The molecule has 0 heterocycles. The monoisotopic (exact) mass is 223 g/mol. The summed E-state index contributed by atoms with van der Waals surface area (Å²) in [6.45, 7) is 6.71. The van der Waals surface area contributed by atoms with Gasteiger partial charge in [0.2, 0.25) is 0 Å². The van der Waals surface area contributed by atoms with E-state index in [9.17, 15) is 5.11 Å². The first-order valence-corrected chi connectivity index (χ1v) is 4.60. The first-order chi connectivity index (χ1) is 8.15.